The van der Waals surface area contributed by atoms with E-state index in [2.05, 4.69) is 24.3 Å². The van der Waals surface area contributed by atoms with Gasteiger partial charge in [0.25, 0.3) is 0 Å². The van der Waals surface area contributed by atoms with Crippen molar-refractivity contribution in [2.24, 2.45) is 0 Å². The van der Waals surface area contributed by atoms with E-state index >= 15 is 0 Å². The summed E-state index contributed by atoms with van der Waals surface area (Å²) in [6.07, 6.45) is 3.39. The number of amides is 1. The van der Waals surface area contributed by atoms with Gasteiger partial charge in [-0.3, -0.25) is 4.90 Å². The van der Waals surface area contributed by atoms with Crippen LogP contribution in [0.2, 0.25) is 0 Å². The van der Waals surface area contributed by atoms with Crippen molar-refractivity contribution in [2.75, 3.05) is 33.7 Å². The van der Waals surface area contributed by atoms with Gasteiger partial charge < -0.3 is 19.4 Å². The Bertz CT molecular complexity index is 500. The Morgan fingerprint density at radius 3 is 2.58 bits per heavy atom. The smallest absolute Gasteiger partial charge is 0.410 e. The van der Waals surface area contributed by atoms with Crippen LogP contribution in [0.1, 0.15) is 45.4 Å². The summed E-state index contributed by atoms with van der Waals surface area (Å²) in [4.78, 5) is 16.1. The van der Waals surface area contributed by atoms with Gasteiger partial charge in [-0.15, -0.1) is 0 Å². The molecule has 1 aliphatic heterocycles. The topological polar surface area (TPSA) is 58.0 Å². The Kier molecular flexibility index (Phi) is 6.29. The maximum absolute atomic E-state index is 12.1. The molecule has 1 unspecified atom stereocenters. The standard InChI is InChI=1S/C18H31N3O3/c1-18(2,3)24-17(22)21-10-8-14(9-11-21)19-13-15(20(4)5)16-7-6-12-23-16/h6-7,12,14-15,19H,8-11,13H2,1-5H3. The average molecular weight is 337 g/mol. The molecule has 2 rings (SSSR count). The largest absolute Gasteiger partial charge is 0.468 e. The van der Waals surface area contributed by atoms with E-state index in [1.165, 1.54) is 0 Å². The van der Waals surface area contributed by atoms with Gasteiger partial charge in [-0.05, 0) is 59.8 Å². The fourth-order valence-electron chi connectivity index (χ4n) is 2.89. The first-order valence-corrected chi connectivity index (χ1v) is 8.67. The van der Waals surface area contributed by atoms with Crippen LogP contribution in [0.3, 0.4) is 0 Å². The molecule has 1 fully saturated rings. The molecule has 1 N–H and O–H groups in total. The number of hydrogen-bond donors (Lipinski definition) is 1. The molecule has 1 aromatic heterocycles. The lowest BCUT2D eigenvalue weighted by atomic mass is 10.0. The lowest BCUT2D eigenvalue weighted by Crippen LogP contribution is -2.47. The van der Waals surface area contributed by atoms with E-state index in [-0.39, 0.29) is 12.1 Å². The third-order valence-corrected chi connectivity index (χ3v) is 4.24. The van der Waals surface area contributed by atoms with E-state index in [1.807, 2.05) is 32.9 Å². The quantitative estimate of drug-likeness (QED) is 0.895. The molecule has 0 aliphatic carbocycles. The molecular formula is C18H31N3O3. The van der Waals surface area contributed by atoms with Crippen LogP contribution in [0.5, 0.6) is 0 Å². The second kappa shape index (κ2) is 8.03. The summed E-state index contributed by atoms with van der Waals surface area (Å²) in [6.45, 7) is 8.00. The number of nitrogens with one attached hydrogen (secondary N) is 1. The number of nitrogens with zero attached hydrogens (tertiary/aromatic N) is 2. The highest BCUT2D eigenvalue weighted by molar-refractivity contribution is 5.68. The number of carbonyl (C=O) groups is 1. The van der Waals surface area contributed by atoms with Crippen molar-refractivity contribution in [1.82, 2.24) is 15.1 Å². The Morgan fingerprint density at radius 1 is 1.42 bits per heavy atom. The summed E-state index contributed by atoms with van der Waals surface area (Å²) in [5.74, 6) is 0.971. The number of piperidine rings is 1. The minimum Gasteiger partial charge on any atom is -0.468 e. The van der Waals surface area contributed by atoms with Gasteiger partial charge >= 0.3 is 6.09 Å². The third kappa shape index (κ3) is 5.53. The van der Waals surface area contributed by atoms with Crippen LogP contribution in [-0.2, 0) is 4.74 Å². The molecule has 24 heavy (non-hydrogen) atoms. The predicted octanol–water partition coefficient (Wildman–Crippen LogP) is 2.87. The van der Waals surface area contributed by atoms with Gasteiger partial charge in [0.2, 0.25) is 0 Å². The van der Waals surface area contributed by atoms with Gasteiger partial charge in [-0.2, -0.15) is 0 Å². The van der Waals surface area contributed by atoms with Crippen molar-refractivity contribution >= 4 is 6.09 Å². The molecule has 1 atom stereocenters. The molecule has 0 bridgehead atoms. The number of ether oxygens (including phenoxy) is 1. The molecule has 6 heteroatoms. The summed E-state index contributed by atoms with van der Waals surface area (Å²) in [5.41, 5.74) is -0.436. The molecule has 0 spiro atoms. The molecule has 6 nitrogen and oxygen atoms in total. The number of rotatable bonds is 5. The maximum atomic E-state index is 12.1. The maximum Gasteiger partial charge on any atom is 0.410 e. The zero-order valence-corrected chi connectivity index (χ0v) is 15.5. The Morgan fingerprint density at radius 2 is 2.08 bits per heavy atom. The molecule has 2 heterocycles. The van der Waals surface area contributed by atoms with Crippen LogP contribution in [0.25, 0.3) is 0 Å². The number of hydrogen-bond acceptors (Lipinski definition) is 5. The molecule has 0 saturated carbocycles. The minimum absolute atomic E-state index is 0.206. The second-order valence-corrected chi connectivity index (χ2v) is 7.64. The van der Waals surface area contributed by atoms with E-state index in [1.54, 1.807) is 11.2 Å². The van der Waals surface area contributed by atoms with Crippen LogP contribution >= 0.6 is 0 Å². The Hall–Kier alpha value is -1.53. The second-order valence-electron chi connectivity index (χ2n) is 7.64. The van der Waals surface area contributed by atoms with Crippen LogP contribution in [0.4, 0.5) is 4.79 Å². The summed E-state index contributed by atoms with van der Waals surface area (Å²) in [5, 5.41) is 3.62. The van der Waals surface area contributed by atoms with Gasteiger partial charge in [0.15, 0.2) is 0 Å². The summed E-state index contributed by atoms with van der Waals surface area (Å²) in [6, 6.07) is 4.56. The molecule has 1 aliphatic rings. The zero-order chi connectivity index (χ0) is 17.7. The van der Waals surface area contributed by atoms with E-state index < -0.39 is 5.60 Å². The third-order valence-electron chi connectivity index (χ3n) is 4.24. The normalized spacial score (nSPS) is 18.0. The monoisotopic (exact) mass is 337 g/mol. The number of carbonyl (C=O) groups excluding carboxylic acids is 1. The van der Waals surface area contributed by atoms with Crippen LogP contribution in [-0.4, -0.2) is 61.3 Å². The first-order valence-electron chi connectivity index (χ1n) is 8.67. The summed E-state index contributed by atoms with van der Waals surface area (Å²) in [7, 11) is 4.11. The fraction of sp³-hybridized carbons (Fsp3) is 0.722. The van der Waals surface area contributed by atoms with Crippen molar-refractivity contribution in [3.8, 4) is 0 Å². The van der Waals surface area contributed by atoms with Gasteiger partial charge in [0.1, 0.15) is 11.4 Å². The Labute approximate surface area is 145 Å². The van der Waals surface area contributed by atoms with Gasteiger partial charge in [0, 0.05) is 25.7 Å². The highest BCUT2D eigenvalue weighted by Crippen LogP contribution is 2.20. The Balaban J connectivity index is 1.77. The van der Waals surface area contributed by atoms with Crippen molar-refractivity contribution in [2.45, 2.75) is 51.3 Å². The van der Waals surface area contributed by atoms with Crippen molar-refractivity contribution in [1.29, 1.82) is 0 Å². The van der Waals surface area contributed by atoms with Crippen LogP contribution in [0.15, 0.2) is 22.8 Å². The summed E-state index contributed by atoms with van der Waals surface area (Å²) >= 11 is 0. The molecule has 1 aromatic rings. The van der Waals surface area contributed by atoms with Crippen LogP contribution < -0.4 is 5.32 Å². The van der Waals surface area contributed by atoms with Crippen LogP contribution in [0, 0.1) is 0 Å². The predicted molar refractivity (Wildman–Crippen MR) is 94.0 cm³/mol. The first-order chi connectivity index (χ1) is 11.3. The van der Waals surface area contributed by atoms with Crippen molar-refractivity contribution < 1.29 is 13.9 Å². The molecule has 1 amide bonds. The van der Waals surface area contributed by atoms with Gasteiger partial charge in [-0.25, -0.2) is 4.79 Å². The van der Waals surface area contributed by atoms with Crippen molar-refractivity contribution in [3.63, 3.8) is 0 Å². The average Bonchev–Trinajstić information content (AvgIpc) is 3.00. The minimum atomic E-state index is -0.436. The van der Waals surface area contributed by atoms with E-state index in [0.717, 1.165) is 38.2 Å². The zero-order valence-electron chi connectivity index (χ0n) is 15.5. The number of likely N-dealkylation sites (tertiary alicyclic amines) is 1. The fourth-order valence-corrected chi connectivity index (χ4v) is 2.89. The molecular weight excluding hydrogens is 306 g/mol. The van der Waals surface area contributed by atoms with E-state index in [0.29, 0.717) is 6.04 Å². The number of likely N-dealkylation sites (N-methyl/N-ethyl adjacent to an activating group) is 1. The van der Waals surface area contributed by atoms with E-state index in [4.69, 9.17) is 9.15 Å². The highest BCUT2D eigenvalue weighted by atomic mass is 16.6. The molecule has 0 aromatic carbocycles. The highest BCUT2D eigenvalue weighted by Gasteiger charge is 2.27. The first kappa shape index (κ1) is 18.8. The molecule has 1 saturated heterocycles. The lowest BCUT2D eigenvalue weighted by Gasteiger charge is -2.34. The SMILES string of the molecule is CN(C)C(CNC1CCN(C(=O)OC(C)(C)C)CC1)c1ccco1. The summed E-state index contributed by atoms with van der Waals surface area (Å²) < 4.78 is 11.0. The van der Waals surface area contributed by atoms with E-state index in [9.17, 15) is 4.79 Å². The molecule has 136 valence electrons. The number of furan rings is 1. The lowest BCUT2D eigenvalue weighted by molar-refractivity contribution is 0.0197. The molecule has 0 radical (unpaired) electrons. The van der Waals surface area contributed by atoms with Gasteiger partial charge in [0.05, 0.1) is 12.3 Å². The van der Waals surface area contributed by atoms with Crippen molar-refractivity contribution in [3.05, 3.63) is 24.2 Å². The van der Waals surface area contributed by atoms with Gasteiger partial charge in [-0.1, -0.05) is 0 Å².